The second kappa shape index (κ2) is 5.61. The number of nitrogens with two attached hydrogens (primary N) is 1. The van der Waals surface area contributed by atoms with E-state index in [0.717, 1.165) is 12.8 Å². The fourth-order valence-electron chi connectivity index (χ4n) is 1.58. The molecule has 0 radical (unpaired) electrons. The van der Waals surface area contributed by atoms with Crippen LogP contribution < -0.4 is 11.1 Å². The van der Waals surface area contributed by atoms with Gasteiger partial charge in [-0.3, -0.25) is 9.78 Å². The van der Waals surface area contributed by atoms with Crippen LogP contribution in [0.15, 0.2) is 24.5 Å². The van der Waals surface area contributed by atoms with Crippen LogP contribution in [0, 0.1) is 0 Å². The van der Waals surface area contributed by atoms with Gasteiger partial charge in [-0.2, -0.15) is 0 Å². The van der Waals surface area contributed by atoms with E-state index in [1.165, 1.54) is 0 Å². The molecule has 1 aromatic rings. The van der Waals surface area contributed by atoms with E-state index in [-0.39, 0.29) is 11.4 Å². The largest absolute Gasteiger partial charge is 0.345 e. The SMILES string of the molecule is CCC(CC)(CN)NC(=O)c1ccncc1. The number of amides is 1. The molecule has 1 heterocycles. The van der Waals surface area contributed by atoms with Crippen molar-refractivity contribution in [3.63, 3.8) is 0 Å². The van der Waals surface area contributed by atoms with Gasteiger partial charge in [-0.15, -0.1) is 0 Å². The van der Waals surface area contributed by atoms with E-state index < -0.39 is 0 Å². The van der Waals surface area contributed by atoms with Gasteiger partial charge in [0.15, 0.2) is 0 Å². The molecule has 0 aromatic carbocycles. The maximum Gasteiger partial charge on any atom is 0.251 e. The van der Waals surface area contributed by atoms with Crippen LogP contribution in [0.5, 0.6) is 0 Å². The Morgan fingerprint density at radius 2 is 1.94 bits per heavy atom. The van der Waals surface area contributed by atoms with Crippen molar-refractivity contribution in [3.8, 4) is 0 Å². The first kappa shape index (κ1) is 12.6. The van der Waals surface area contributed by atoms with Gasteiger partial charge >= 0.3 is 0 Å². The number of hydrogen-bond donors (Lipinski definition) is 2. The van der Waals surface area contributed by atoms with Crippen LogP contribution >= 0.6 is 0 Å². The van der Waals surface area contributed by atoms with Crippen LogP contribution in [0.3, 0.4) is 0 Å². The highest BCUT2D eigenvalue weighted by atomic mass is 16.1. The fourth-order valence-corrected chi connectivity index (χ4v) is 1.58. The summed E-state index contributed by atoms with van der Waals surface area (Å²) in [6.45, 7) is 4.52. The third-order valence-electron chi connectivity index (χ3n) is 3.07. The van der Waals surface area contributed by atoms with E-state index in [1.54, 1.807) is 24.5 Å². The fraction of sp³-hybridized carbons (Fsp3) is 0.500. The molecule has 1 rings (SSSR count). The topological polar surface area (TPSA) is 68.0 Å². The molecule has 0 spiro atoms. The van der Waals surface area contributed by atoms with Crippen LogP contribution in [0.4, 0.5) is 0 Å². The van der Waals surface area contributed by atoms with E-state index in [9.17, 15) is 4.79 Å². The Bertz CT molecular complexity index is 325. The van der Waals surface area contributed by atoms with Crippen LogP contribution in [-0.2, 0) is 0 Å². The first-order valence-electron chi connectivity index (χ1n) is 5.60. The van der Waals surface area contributed by atoms with E-state index in [0.29, 0.717) is 12.1 Å². The third-order valence-corrected chi connectivity index (χ3v) is 3.07. The first-order valence-corrected chi connectivity index (χ1v) is 5.60. The predicted molar refractivity (Wildman–Crippen MR) is 64.1 cm³/mol. The molecule has 0 aliphatic rings. The number of carbonyl (C=O) groups excluding carboxylic acids is 1. The Morgan fingerprint density at radius 1 is 1.38 bits per heavy atom. The molecule has 0 unspecified atom stereocenters. The zero-order valence-corrected chi connectivity index (χ0v) is 9.86. The van der Waals surface area contributed by atoms with Gasteiger partial charge in [0.25, 0.3) is 5.91 Å². The Labute approximate surface area is 96.3 Å². The molecule has 1 amide bonds. The normalized spacial score (nSPS) is 11.2. The van der Waals surface area contributed by atoms with Gasteiger partial charge in [0.1, 0.15) is 0 Å². The summed E-state index contributed by atoms with van der Waals surface area (Å²) in [5.74, 6) is -0.0865. The molecule has 88 valence electrons. The summed E-state index contributed by atoms with van der Waals surface area (Å²) in [5, 5.41) is 3.00. The lowest BCUT2D eigenvalue weighted by Gasteiger charge is -2.31. The molecule has 4 nitrogen and oxygen atoms in total. The molecule has 0 saturated carbocycles. The average molecular weight is 221 g/mol. The van der Waals surface area contributed by atoms with Crippen molar-refractivity contribution in [1.29, 1.82) is 0 Å². The number of pyridine rings is 1. The molecule has 4 heteroatoms. The Hall–Kier alpha value is -1.42. The Kier molecular flexibility index (Phi) is 4.43. The van der Waals surface area contributed by atoms with Crippen LogP contribution in [0.1, 0.15) is 37.0 Å². The van der Waals surface area contributed by atoms with Gasteiger partial charge in [0.2, 0.25) is 0 Å². The molecule has 0 fully saturated rings. The van der Waals surface area contributed by atoms with Crippen molar-refractivity contribution in [2.75, 3.05) is 6.54 Å². The minimum Gasteiger partial charge on any atom is -0.345 e. The van der Waals surface area contributed by atoms with E-state index in [1.807, 2.05) is 13.8 Å². The highest BCUT2D eigenvalue weighted by molar-refractivity contribution is 5.94. The summed E-state index contributed by atoms with van der Waals surface area (Å²) in [5.41, 5.74) is 6.06. The molecule has 0 aliphatic heterocycles. The molecular weight excluding hydrogens is 202 g/mol. The molecule has 0 atom stereocenters. The molecule has 0 aliphatic carbocycles. The average Bonchev–Trinajstić information content (AvgIpc) is 2.37. The van der Waals surface area contributed by atoms with Gasteiger partial charge < -0.3 is 11.1 Å². The zero-order valence-electron chi connectivity index (χ0n) is 9.86. The van der Waals surface area contributed by atoms with E-state index >= 15 is 0 Å². The number of carbonyl (C=O) groups is 1. The lowest BCUT2D eigenvalue weighted by atomic mass is 9.92. The summed E-state index contributed by atoms with van der Waals surface area (Å²) in [6.07, 6.45) is 4.88. The van der Waals surface area contributed by atoms with Gasteiger partial charge in [-0.05, 0) is 25.0 Å². The lowest BCUT2D eigenvalue weighted by molar-refractivity contribution is 0.0895. The third kappa shape index (κ3) is 2.79. The van der Waals surface area contributed by atoms with Gasteiger partial charge in [-0.25, -0.2) is 0 Å². The van der Waals surface area contributed by atoms with Crippen LogP contribution in [-0.4, -0.2) is 23.0 Å². The zero-order chi connectivity index (χ0) is 12.0. The summed E-state index contributed by atoms with van der Waals surface area (Å²) >= 11 is 0. The molecule has 0 saturated heterocycles. The van der Waals surface area contributed by atoms with Crippen molar-refractivity contribution >= 4 is 5.91 Å². The molecule has 16 heavy (non-hydrogen) atoms. The van der Waals surface area contributed by atoms with Crippen molar-refractivity contribution < 1.29 is 4.79 Å². The highest BCUT2D eigenvalue weighted by Gasteiger charge is 2.26. The second-order valence-corrected chi connectivity index (χ2v) is 3.88. The number of aromatic nitrogens is 1. The lowest BCUT2D eigenvalue weighted by Crippen LogP contribution is -2.52. The Morgan fingerprint density at radius 3 is 2.38 bits per heavy atom. The molecule has 0 bridgehead atoms. The molecule has 1 aromatic heterocycles. The van der Waals surface area contributed by atoms with Gasteiger partial charge in [0, 0.05) is 24.5 Å². The first-order chi connectivity index (χ1) is 7.67. The number of hydrogen-bond acceptors (Lipinski definition) is 3. The second-order valence-electron chi connectivity index (χ2n) is 3.88. The monoisotopic (exact) mass is 221 g/mol. The van der Waals surface area contributed by atoms with E-state index in [2.05, 4.69) is 10.3 Å². The summed E-state index contributed by atoms with van der Waals surface area (Å²) in [4.78, 5) is 15.8. The minimum atomic E-state index is -0.291. The Balaban J connectivity index is 2.77. The summed E-state index contributed by atoms with van der Waals surface area (Å²) in [6, 6.07) is 3.39. The van der Waals surface area contributed by atoms with Gasteiger partial charge in [-0.1, -0.05) is 13.8 Å². The van der Waals surface area contributed by atoms with Crippen LogP contribution in [0.2, 0.25) is 0 Å². The van der Waals surface area contributed by atoms with Crippen molar-refractivity contribution in [3.05, 3.63) is 30.1 Å². The highest BCUT2D eigenvalue weighted by Crippen LogP contribution is 2.14. The number of rotatable bonds is 5. The number of nitrogens with zero attached hydrogens (tertiary/aromatic N) is 1. The maximum absolute atomic E-state index is 11.9. The predicted octanol–water partition coefficient (Wildman–Crippen LogP) is 1.33. The molecule has 3 N–H and O–H groups in total. The summed E-state index contributed by atoms with van der Waals surface area (Å²) in [7, 11) is 0. The maximum atomic E-state index is 11.9. The quantitative estimate of drug-likeness (QED) is 0.788. The van der Waals surface area contributed by atoms with Gasteiger partial charge in [0.05, 0.1) is 5.54 Å². The van der Waals surface area contributed by atoms with E-state index in [4.69, 9.17) is 5.73 Å². The van der Waals surface area contributed by atoms with Crippen molar-refractivity contribution in [2.24, 2.45) is 5.73 Å². The van der Waals surface area contributed by atoms with Crippen molar-refractivity contribution in [2.45, 2.75) is 32.2 Å². The van der Waals surface area contributed by atoms with Crippen LogP contribution in [0.25, 0.3) is 0 Å². The smallest absolute Gasteiger partial charge is 0.251 e. The summed E-state index contributed by atoms with van der Waals surface area (Å²) < 4.78 is 0. The molecular formula is C12H19N3O. The van der Waals surface area contributed by atoms with Crippen molar-refractivity contribution in [1.82, 2.24) is 10.3 Å². The minimum absolute atomic E-state index is 0.0865. The standard InChI is InChI=1S/C12H19N3O/c1-3-12(4-2,9-13)15-11(16)10-5-7-14-8-6-10/h5-8H,3-4,9,13H2,1-2H3,(H,15,16). The number of nitrogens with one attached hydrogen (secondary N) is 1.